The summed E-state index contributed by atoms with van der Waals surface area (Å²) in [6.07, 6.45) is 1.17. The number of rotatable bonds is 7. The molecule has 1 atom stereocenters. The number of nitrogens with zero attached hydrogens (tertiary/aromatic N) is 1. The number of hydrogen-bond donors (Lipinski definition) is 1. The van der Waals surface area contributed by atoms with Crippen molar-refractivity contribution in [1.82, 2.24) is 4.90 Å². The second-order valence-corrected chi connectivity index (χ2v) is 7.01. The molecule has 7 heteroatoms. The molecule has 1 fully saturated rings. The Labute approximate surface area is 153 Å². The van der Waals surface area contributed by atoms with Crippen LogP contribution < -0.4 is 14.8 Å². The first kappa shape index (κ1) is 19.4. The van der Waals surface area contributed by atoms with Gasteiger partial charge in [-0.2, -0.15) is 0 Å². The summed E-state index contributed by atoms with van der Waals surface area (Å²) in [5.41, 5.74) is 0.474. The van der Waals surface area contributed by atoms with E-state index in [1.54, 1.807) is 17.0 Å². The SMILES string of the molecule is COc1cc(NC(=O)C2CC(=O)N(CCC(C)C)C2)c(OC)cc1Cl. The molecule has 0 bridgehead atoms. The minimum absolute atomic E-state index is 0.0291. The van der Waals surface area contributed by atoms with E-state index in [9.17, 15) is 9.59 Å². The molecule has 1 aromatic carbocycles. The molecular formula is C18H25ClN2O4. The lowest BCUT2D eigenvalue weighted by Crippen LogP contribution is -2.29. The van der Waals surface area contributed by atoms with Gasteiger partial charge in [0, 0.05) is 31.6 Å². The smallest absolute Gasteiger partial charge is 0.229 e. The first-order valence-electron chi connectivity index (χ1n) is 8.35. The fourth-order valence-corrected chi connectivity index (χ4v) is 3.00. The predicted octanol–water partition coefficient (Wildman–Crippen LogP) is 3.19. The van der Waals surface area contributed by atoms with Crippen LogP contribution in [0.3, 0.4) is 0 Å². The molecule has 2 rings (SSSR count). The monoisotopic (exact) mass is 368 g/mol. The standard InChI is InChI=1S/C18H25ClN2O4/c1-11(2)5-6-21-10-12(7-17(21)22)18(23)20-14-9-15(24-3)13(19)8-16(14)25-4/h8-9,11-12H,5-7,10H2,1-4H3,(H,20,23). The highest BCUT2D eigenvalue weighted by molar-refractivity contribution is 6.32. The molecular weight excluding hydrogens is 344 g/mol. The van der Waals surface area contributed by atoms with Crippen LogP contribution in [-0.2, 0) is 9.59 Å². The van der Waals surface area contributed by atoms with Crippen molar-refractivity contribution in [3.05, 3.63) is 17.2 Å². The maximum atomic E-state index is 12.6. The fraction of sp³-hybridized carbons (Fsp3) is 0.556. The van der Waals surface area contributed by atoms with E-state index in [0.29, 0.717) is 41.2 Å². The van der Waals surface area contributed by atoms with Gasteiger partial charge in [-0.1, -0.05) is 25.4 Å². The van der Waals surface area contributed by atoms with E-state index in [1.807, 2.05) is 0 Å². The molecule has 1 aliphatic heterocycles. The fourth-order valence-electron chi connectivity index (χ4n) is 2.77. The summed E-state index contributed by atoms with van der Waals surface area (Å²) in [5, 5.41) is 3.23. The zero-order chi connectivity index (χ0) is 18.6. The van der Waals surface area contributed by atoms with Gasteiger partial charge in [-0.3, -0.25) is 9.59 Å². The topological polar surface area (TPSA) is 67.9 Å². The summed E-state index contributed by atoms with van der Waals surface area (Å²) < 4.78 is 10.4. The Morgan fingerprint density at radius 1 is 1.32 bits per heavy atom. The molecule has 25 heavy (non-hydrogen) atoms. The molecule has 0 aliphatic carbocycles. The number of carbonyl (C=O) groups is 2. The van der Waals surface area contributed by atoms with Crippen LogP contribution in [0.1, 0.15) is 26.7 Å². The largest absolute Gasteiger partial charge is 0.495 e. The summed E-state index contributed by atoms with van der Waals surface area (Å²) in [4.78, 5) is 26.5. The number of hydrogen-bond acceptors (Lipinski definition) is 4. The lowest BCUT2D eigenvalue weighted by molar-refractivity contribution is -0.128. The van der Waals surface area contributed by atoms with E-state index in [0.717, 1.165) is 6.42 Å². The highest BCUT2D eigenvalue weighted by Gasteiger charge is 2.34. The van der Waals surface area contributed by atoms with Crippen LogP contribution in [0.5, 0.6) is 11.5 Å². The number of halogens is 1. The maximum absolute atomic E-state index is 12.6. The van der Waals surface area contributed by atoms with Crippen molar-refractivity contribution in [3.8, 4) is 11.5 Å². The van der Waals surface area contributed by atoms with Crippen LogP contribution in [0.15, 0.2) is 12.1 Å². The minimum Gasteiger partial charge on any atom is -0.495 e. The van der Waals surface area contributed by atoms with E-state index < -0.39 is 0 Å². The van der Waals surface area contributed by atoms with Crippen LogP contribution in [0, 0.1) is 11.8 Å². The summed E-state index contributed by atoms with van der Waals surface area (Å²) in [5.74, 6) is 0.862. The third-order valence-corrected chi connectivity index (χ3v) is 4.59. The Balaban J connectivity index is 2.06. The van der Waals surface area contributed by atoms with Gasteiger partial charge in [-0.15, -0.1) is 0 Å². The van der Waals surface area contributed by atoms with E-state index in [-0.39, 0.29) is 24.2 Å². The van der Waals surface area contributed by atoms with Crippen LogP contribution in [-0.4, -0.2) is 44.0 Å². The van der Waals surface area contributed by atoms with E-state index in [4.69, 9.17) is 21.1 Å². The summed E-state index contributed by atoms with van der Waals surface area (Å²) in [6.45, 7) is 5.37. The molecule has 1 aliphatic rings. The Morgan fingerprint density at radius 3 is 2.60 bits per heavy atom. The van der Waals surface area contributed by atoms with Crippen molar-refractivity contribution in [2.45, 2.75) is 26.7 Å². The zero-order valence-electron chi connectivity index (χ0n) is 15.1. The third-order valence-electron chi connectivity index (χ3n) is 4.29. The van der Waals surface area contributed by atoms with Gasteiger partial charge < -0.3 is 19.7 Å². The molecule has 1 aromatic rings. The lowest BCUT2D eigenvalue weighted by Gasteiger charge is -2.18. The molecule has 0 aromatic heterocycles. The molecule has 1 saturated heterocycles. The maximum Gasteiger partial charge on any atom is 0.229 e. The summed E-state index contributed by atoms with van der Waals surface area (Å²) in [7, 11) is 3.00. The number of ether oxygens (including phenoxy) is 2. The Kier molecular flexibility index (Phi) is 6.53. The molecule has 1 heterocycles. The van der Waals surface area contributed by atoms with E-state index in [1.165, 1.54) is 14.2 Å². The summed E-state index contributed by atoms with van der Waals surface area (Å²) in [6, 6.07) is 3.21. The van der Waals surface area contributed by atoms with Crippen LogP contribution in [0.2, 0.25) is 5.02 Å². The Morgan fingerprint density at radius 2 is 2.00 bits per heavy atom. The quantitative estimate of drug-likeness (QED) is 0.802. The molecule has 6 nitrogen and oxygen atoms in total. The van der Waals surface area contributed by atoms with Gasteiger partial charge in [0.1, 0.15) is 11.5 Å². The van der Waals surface area contributed by atoms with Crippen molar-refractivity contribution in [2.24, 2.45) is 11.8 Å². The number of nitrogens with one attached hydrogen (secondary N) is 1. The van der Waals surface area contributed by atoms with Crippen LogP contribution in [0.4, 0.5) is 5.69 Å². The lowest BCUT2D eigenvalue weighted by atomic mass is 10.1. The number of benzene rings is 1. The van der Waals surface area contributed by atoms with Crippen molar-refractivity contribution < 1.29 is 19.1 Å². The van der Waals surface area contributed by atoms with Gasteiger partial charge in [-0.05, 0) is 12.3 Å². The Hall–Kier alpha value is -1.95. The van der Waals surface area contributed by atoms with Gasteiger partial charge in [0.2, 0.25) is 11.8 Å². The predicted molar refractivity (Wildman–Crippen MR) is 97.3 cm³/mol. The second kappa shape index (κ2) is 8.43. The van der Waals surface area contributed by atoms with Gasteiger partial charge in [-0.25, -0.2) is 0 Å². The van der Waals surface area contributed by atoms with E-state index >= 15 is 0 Å². The number of carbonyl (C=O) groups excluding carboxylic acids is 2. The molecule has 0 spiro atoms. The first-order chi connectivity index (χ1) is 11.8. The van der Waals surface area contributed by atoms with E-state index in [2.05, 4.69) is 19.2 Å². The molecule has 1 N–H and O–H groups in total. The second-order valence-electron chi connectivity index (χ2n) is 6.60. The number of anilines is 1. The highest BCUT2D eigenvalue weighted by Crippen LogP contribution is 2.36. The third kappa shape index (κ3) is 4.78. The van der Waals surface area contributed by atoms with Crippen molar-refractivity contribution in [2.75, 3.05) is 32.6 Å². The highest BCUT2D eigenvalue weighted by atomic mass is 35.5. The van der Waals surface area contributed by atoms with Gasteiger partial charge in [0.25, 0.3) is 0 Å². The molecule has 0 saturated carbocycles. The Bertz CT molecular complexity index is 648. The minimum atomic E-state index is -0.369. The van der Waals surface area contributed by atoms with Gasteiger partial charge in [0.15, 0.2) is 0 Å². The molecule has 2 amide bonds. The van der Waals surface area contributed by atoms with Crippen molar-refractivity contribution in [3.63, 3.8) is 0 Å². The normalized spacial score (nSPS) is 17.1. The number of amides is 2. The number of methoxy groups -OCH3 is 2. The van der Waals surface area contributed by atoms with Gasteiger partial charge in [0.05, 0.1) is 30.8 Å². The molecule has 0 radical (unpaired) electrons. The van der Waals surface area contributed by atoms with Gasteiger partial charge >= 0.3 is 0 Å². The molecule has 1 unspecified atom stereocenters. The average Bonchev–Trinajstić information content (AvgIpc) is 2.95. The zero-order valence-corrected chi connectivity index (χ0v) is 15.9. The first-order valence-corrected chi connectivity index (χ1v) is 8.73. The van der Waals surface area contributed by atoms with Crippen molar-refractivity contribution in [1.29, 1.82) is 0 Å². The average molecular weight is 369 g/mol. The van der Waals surface area contributed by atoms with Crippen molar-refractivity contribution >= 4 is 29.1 Å². The molecule has 138 valence electrons. The summed E-state index contributed by atoms with van der Waals surface area (Å²) >= 11 is 6.07. The van der Waals surface area contributed by atoms with Crippen LogP contribution in [0.25, 0.3) is 0 Å². The number of likely N-dealkylation sites (tertiary alicyclic amines) is 1. The van der Waals surface area contributed by atoms with Crippen LogP contribution >= 0.6 is 11.6 Å².